The number of nitrogens with one attached hydrogen (secondary N) is 1. The van der Waals surface area contributed by atoms with Crippen LogP contribution in [0.4, 0.5) is 0 Å². The first kappa shape index (κ1) is 10.9. The maximum Gasteiger partial charge on any atom is 0.305 e. The molecule has 0 saturated carbocycles. The molecule has 0 aliphatic rings. The SMILES string of the molecule is N[C@H](CC(=O)O)c1cc(Br)c[nH]c1=O. The second kappa shape index (κ2) is 4.39. The first-order chi connectivity index (χ1) is 6.50. The Kier molecular flexibility index (Phi) is 3.43. The van der Waals surface area contributed by atoms with Gasteiger partial charge in [0.1, 0.15) is 0 Å². The molecule has 0 saturated heterocycles. The van der Waals surface area contributed by atoms with Crippen molar-refractivity contribution in [2.45, 2.75) is 12.5 Å². The van der Waals surface area contributed by atoms with Crippen LogP contribution in [0.15, 0.2) is 21.5 Å². The fourth-order valence-corrected chi connectivity index (χ4v) is 1.41. The van der Waals surface area contributed by atoms with Crippen LogP contribution in [0, 0.1) is 0 Å². The second-order valence-corrected chi connectivity index (χ2v) is 3.72. The summed E-state index contributed by atoms with van der Waals surface area (Å²) in [6, 6.07) is 0.737. The minimum atomic E-state index is -1.03. The van der Waals surface area contributed by atoms with Crippen molar-refractivity contribution in [2.24, 2.45) is 5.73 Å². The molecule has 0 spiro atoms. The van der Waals surface area contributed by atoms with Gasteiger partial charge in [-0.15, -0.1) is 0 Å². The van der Waals surface area contributed by atoms with Crippen LogP contribution in [0.5, 0.6) is 0 Å². The number of rotatable bonds is 3. The summed E-state index contributed by atoms with van der Waals surface area (Å²) in [5, 5.41) is 8.50. The lowest BCUT2D eigenvalue weighted by atomic mass is 10.1. The van der Waals surface area contributed by atoms with E-state index in [9.17, 15) is 9.59 Å². The third kappa shape index (κ3) is 2.68. The number of hydrogen-bond acceptors (Lipinski definition) is 3. The first-order valence-corrected chi connectivity index (χ1v) is 4.65. The van der Waals surface area contributed by atoms with Gasteiger partial charge in [0.2, 0.25) is 0 Å². The summed E-state index contributed by atoms with van der Waals surface area (Å²) >= 11 is 3.16. The van der Waals surface area contributed by atoms with Gasteiger partial charge < -0.3 is 15.8 Å². The first-order valence-electron chi connectivity index (χ1n) is 3.86. The molecule has 6 heteroatoms. The van der Waals surface area contributed by atoms with Gasteiger partial charge in [-0.1, -0.05) is 0 Å². The van der Waals surface area contributed by atoms with Crippen LogP contribution < -0.4 is 11.3 Å². The third-order valence-corrected chi connectivity index (χ3v) is 2.15. The number of aromatic nitrogens is 1. The Balaban J connectivity index is 2.99. The van der Waals surface area contributed by atoms with E-state index >= 15 is 0 Å². The van der Waals surface area contributed by atoms with Gasteiger partial charge in [0.15, 0.2) is 0 Å². The Morgan fingerprint density at radius 2 is 2.36 bits per heavy atom. The number of H-pyrrole nitrogens is 1. The number of aromatic amines is 1. The molecule has 0 aromatic carbocycles. The molecule has 0 aliphatic carbocycles. The third-order valence-electron chi connectivity index (χ3n) is 1.69. The van der Waals surface area contributed by atoms with Gasteiger partial charge in [-0.3, -0.25) is 9.59 Å². The number of halogens is 1. The van der Waals surface area contributed by atoms with Crippen LogP contribution in [0.25, 0.3) is 0 Å². The summed E-state index contributed by atoms with van der Waals surface area (Å²) in [6.07, 6.45) is 1.21. The van der Waals surface area contributed by atoms with Crippen LogP contribution in [0.3, 0.4) is 0 Å². The smallest absolute Gasteiger partial charge is 0.305 e. The highest BCUT2D eigenvalue weighted by atomic mass is 79.9. The largest absolute Gasteiger partial charge is 0.481 e. The van der Waals surface area contributed by atoms with Gasteiger partial charge in [-0.25, -0.2) is 0 Å². The number of carbonyl (C=O) groups is 1. The number of hydrogen-bond donors (Lipinski definition) is 3. The van der Waals surface area contributed by atoms with Gasteiger partial charge in [0.25, 0.3) is 5.56 Å². The van der Waals surface area contributed by atoms with E-state index < -0.39 is 12.0 Å². The average Bonchev–Trinajstić information content (AvgIpc) is 2.08. The van der Waals surface area contributed by atoms with Gasteiger partial charge in [-0.05, 0) is 22.0 Å². The van der Waals surface area contributed by atoms with Crippen LogP contribution >= 0.6 is 15.9 Å². The van der Waals surface area contributed by atoms with E-state index in [0.717, 1.165) is 0 Å². The van der Waals surface area contributed by atoms with Crippen molar-refractivity contribution in [1.29, 1.82) is 0 Å². The molecule has 0 fully saturated rings. The normalized spacial score (nSPS) is 12.4. The monoisotopic (exact) mass is 260 g/mol. The molecule has 4 N–H and O–H groups in total. The highest BCUT2D eigenvalue weighted by molar-refractivity contribution is 9.10. The number of aliphatic carboxylic acids is 1. The molecule has 1 aromatic heterocycles. The molecule has 14 heavy (non-hydrogen) atoms. The highest BCUT2D eigenvalue weighted by Gasteiger charge is 2.14. The molecule has 1 atom stereocenters. The van der Waals surface area contributed by atoms with Gasteiger partial charge in [0, 0.05) is 22.3 Å². The van der Waals surface area contributed by atoms with Crippen LogP contribution in [0.2, 0.25) is 0 Å². The topological polar surface area (TPSA) is 96.2 Å². The molecule has 1 aromatic rings. The summed E-state index contributed by atoms with van der Waals surface area (Å²) in [4.78, 5) is 24.1. The van der Waals surface area contributed by atoms with Crippen molar-refractivity contribution >= 4 is 21.9 Å². The fraction of sp³-hybridized carbons (Fsp3) is 0.250. The van der Waals surface area contributed by atoms with Crippen LogP contribution in [0.1, 0.15) is 18.0 Å². The lowest BCUT2D eigenvalue weighted by Gasteiger charge is -2.07. The predicted octanol–water partition coefficient (Wildman–Crippen LogP) is 0.612. The van der Waals surface area contributed by atoms with Crippen molar-refractivity contribution < 1.29 is 9.90 Å². The molecular weight excluding hydrogens is 252 g/mol. The summed E-state index contributed by atoms with van der Waals surface area (Å²) in [5.74, 6) is -1.03. The van der Waals surface area contributed by atoms with Crippen molar-refractivity contribution in [3.05, 3.63) is 32.7 Å². The summed E-state index contributed by atoms with van der Waals surface area (Å²) in [6.45, 7) is 0. The van der Waals surface area contributed by atoms with Crippen molar-refractivity contribution in [1.82, 2.24) is 4.98 Å². The minimum absolute atomic E-state index is 0.264. The predicted molar refractivity (Wildman–Crippen MR) is 53.9 cm³/mol. The van der Waals surface area contributed by atoms with E-state index in [1.54, 1.807) is 0 Å². The maximum absolute atomic E-state index is 11.2. The zero-order valence-electron chi connectivity index (χ0n) is 7.16. The molecule has 0 radical (unpaired) electrons. The lowest BCUT2D eigenvalue weighted by molar-refractivity contribution is -0.137. The van der Waals surface area contributed by atoms with Crippen LogP contribution in [-0.4, -0.2) is 16.1 Å². The van der Waals surface area contributed by atoms with E-state index in [-0.39, 0.29) is 17.5 Å². The fourth-order valence-electron chi connectivity index (χ4n) is 1.05. The summed E-state index contributed by atoms with van der Waals surface area (Å²) in [7, 11) is 0. The molecule has 76 valence electrons. The van der Waals surface area contributed by atoms with Gasteiger partial charge >= 0.3 is 5.97 Å². The lowest BCUT2D eigenvalue weighted by Crippen LogP contribution is -2.23. The molecule has 1 heterocycles. The van der Waals surface area contributed by atoms with Crippen molar-refractivity contribution in [2.75, 3.05) is 0 Å². The second-order valence-electron chi connectivity index (χ2n) is 2.81. The molecule has 0 aliphatic heterocycles. The summed E-state index contributed by atoms with van der Waals surface area (Å²) < 4.78 is 0.660. The Morgan fingerprint density at radius 1 is 1.71 bits per heavy atom. The van der Waals surface area contributed by atoms with E-state index in [1.807, 2.05) is 0 Å². The van der Waals surface area contributed by atoms with Crippen molar-refractivity contribution in [3.8, 4) is 0 Å². The Labute approximate surface area is 88.1 Å². The number of carboxylic acid groups (broad SMARTS) is 1. The quantitative estimate of drug-likeness (QED) is 0.742. The molecule has 5 nitrogen and oxygen atoms in total. The Morgan fingerprint density at radius 3 is 2.93 bits per heavy atom. The van der Waals surface area contributed by atoms with Crippen molar-refractivity contribution in [3.63, 3.8) is 0 Å². The molecule has 0 amide bonds. The molecular formula is C8H9BrN2O3. The average molecular weight is 261 g/mol. The zero-order valence-corrected chi connectivity index (χ0v) is 8.74. The van der Waals surface area contributed by atoms with E-state index in [1.165, 1.54) is 12.3 Å². The molecule has 0 bridgehead atoms. The van der Waals surface area contributed by atoms with Gasteiger partial charge in [-0.2, -0.15) is 0 Å². The summed E-state index contributed by atoms with van der Waals surface area (Å²) in [5.41, 5.74) is 5.45. The Bertz CT molecular complexity index is 402. The van der Waals surface area contributed by atoms with E-state index in [2.05, 4.69) is 20.9 Å². The Hall–Kier alpha value is -1.14. The minimum Gasteiger partial charge on any atom is -0.481 e. The van der Waals surface area contributed by atoms with Crippen LogP contribution in [-0.2, 0) is 4.79 Å². The molecule has 0 unspecified atom stereocenters. The molecule has 1 rings (SSSR count). The number of nitrogens with two attached hydrogens (primary N) is 1. The van der Waals surface area contributed by atoms with Gasteiger partial charge in [0.05, 0.1) is 6.42 Å². The highest BCUT2D eigenvalue weighted by Crippen LogP contribution is 2.13. The zero-order chi connectivity index (χ0) is 10.7. The number of pyridine rings is 1. The maximum atomic E-state index is 11.2. The van der Waals surface area contributed by atoms with E-state index in [0.29, 0.717) is 4.47 Å². The number of carboxylic acids is 1. The standard InChI is InChI=1S/C8H9BrN2O3/c9-4-1-5(8(14)11-3-4)6(10)2-7(12)13/h1,3,6H,2,10H2,(H,11,14)(H,12,13)/t6-/m1/s1. The van der Waals surface area contributed by atoms with E-state index in [4.69, 9.17) is 10.8 Å².